The average Bonchev–Trinajstić information content (AvgIpc) is 3.33. The SMILES string of the molecule is CN(CC#N)C(=O)NC(C(=O)N[C@@H]1C(=O)N2C(C(=O)O)=C(CSc3nnnn3C)CSC12)c1ccccc1. The highest BCUT2D eigenvalue weighted by Crippen LogP contribution is 2.41. The Balaban J connectivity index is 1.49. The van der Waals surface area contributed by atoms with E-state index in [1.54, 1.807) is 37.4 Å². The summed E-state index contributed by atoms with van der Waals surface area (Å²) in [6.07, 6.45) is 0. The normalized spacial score (nSPS) is 19.1. The van der Waals surface area contributed by atoms with E-state index in [-0.39, 0.29) is 18.0 Å². The van der Waals surface area contributed by atoms with Gasteiger partial charge >= 0.3 is 12.0 Å². The first-order valence-electron chi connectivity index (χ1n) is 11.2. The molecular formula is C22H23N9O5S2. The molecule has 198 valence electrons. The van der Waals surface area contributed by atoms with Crippen molar-refractivity contribution in [2.75, 3.05) is 25.1 Å². The summed E-state index contributed by atoms with van der Waals surface area (Å²) in [5.41, 5.74) is 0.907. The predicted octanol–water partition coefficient (Wildman–Crippen LogP) is -0.0529. The number of carboxylic acids is 1. The van der Waals surface area contributed by atoms with Crippen LogP contribution in [0.25, 0.3) is 0 Å². The summed E-state index contributed by atoms with van der Waals surface area (Å²) < 4.78 is 1.46. The Morgan fingerprint density at radius 1 is 1.34 bits per heavy atom. The zero-order valence-corrected chi connectivity index (χ0v) is 21.9. The number of aliphatic carboxylic acids is 1. The quantitative estimate of drug-likeness (QED) is 0.213. The van der Waals surface area contributed by atoms with Crippen LogP contribution >= 0.6 is 23.5 Å². The molecule has 0 bridgehead atoms. The van der Waals surface area contributed by atoms with Gasteiger partial charge < -0.3 is 20.6 Å². The second kappa shape index (κ2) is 11.5. The fourth-order valence-electron chi connectivity index (χ4n) is 3.88. The molecule has 38 heavy (non-hydrogen) atoms. The molecule has 0 saturated carbocycles. The van der Waals surface area contributed by atoms with E-state index < -0.39 is 41.3 Å². The number of nitriles is 1. The Labute approximate surface area is 225 Å². The molecule has 4 amide bonds. The van der Waals surface area contributed by atoms with Crippen molar-refractivity contribution >= 4 is 47.3 Å². The van der Waals surface area contributed by atoms with Gasteiger partial charge in [-0.25, -0.2) is 14.3 Å². The van der Waals surface area contributed by atoms with E-state index in [2.05, 4.69) is 26.2 Å². The van der Waals surface area contributed by atoms with Crippen LogP contribution in [0.15, 0.2) is 46.8 Å². The number of tetrazole rings is 1. The third-order valence-electron chi connectivity index (χ3n) is 5.82. The zero-order chi connectivity index (χ0) is 27.4. The molecular weight excluding hydrogens is 534 g/mol. The number of hydrogen-bond donors (Lipinski definition) is 3. The lowest BCUT2D eigenvalue weighted by Crippen LogP contribution is -2.71. The highest BCUT2D eigenvalue weighted by atomic mass is 32.2. The van der Waals surface area contributed by atoms with Gasteiger partial charge in [0.1, 0.15) is 29.7 Å². The highest BCUT2D eigenvalue weighted by molar-refractivity contribution is 8.01. The van der Waals surface area contributed by atoms with Crippen LogP contribution in [0, 0.1) is 11.3 Å². The van der Waals surface area contributed by atoms with Crippen molar-refractivity contribution in [3.63, 3.8) is 0 Å². The van der Waals surface area contributed by atoms with Crippen molar-refractivity contribution in [1.82, 2.24) is 40.6 Å². The maximum Gasteiger partial charge on any atom is 0.352 e. The Kier molecular flexibility index (Phi) is 8.17. The van der Waals surface area contributed by atoms with Crippen molar-refractivity contribution in [2.45, 2.75) is 22.6 Å². The Hall–Kier alpha value is -4.10. The molecule has 1 aromatic heterocycles. The summed E-state index contributed by atoms with van der Waals surface area (Å²) in [6.45, 7) is -0.179. The molecule has 2 aromatic rings. The average molecular weight is 558 g/mol. The molecule has 0 aliphatic carbocycles. The predicted molar refractivity (Wildman–Crippen MR) is 135 cm³/mol. The van der Waals surface area contributed by atoms with Crippen LogP contribution in [-0.2, 0) is 21.4 Å². The van der Waals surface area contributed by atoms with E-state index in [1.165, 1.54) is 40.2 Å². The van der Waals surface area contributed by atoms with Gasteiger partial charge in [0.15, 0.2) is 0 Å². The van der Waals surface area contributed by atoms with Crippen molar-refractivity contribution in [1.29, 1.82) is 5.26 Å². The summed E-state index contributed by atoms with van der Waals surface area (Å²) in [7, 11) is 3.08. The summed E-state index contributed by atoms with van der Waals surface area (Å²) >= 11 is 2.59. The van der Waals surface area contributed by atoms with Crippen molar-refractivity contribution in [3.8, 4) is 6.07 Å². The van der Waals surface area contributed by atoms with Gasteiger partial charge in [0.05, 0.1) is 6.07 Å². The number of β-lactam (4-membered cyclic amide) rings is 1. The van der Waals surface area contributed by atoms with E-state index in [4.69, 9.17) is 5.26 Å². The van der Waals surface area contributed by atoms with Crippen LogP contribution in [0.3, 0.4) is 0 Å². The fourth-order valence-corrected chi connectivity index (χ4v) is 6.22. The number of nitrogens with zero attached hydrogens (tertiary/aromatic N) is 7. The molecule has 4 rings (SSSR count). The number of urea groups is 1. The van der Waals surface area contributed by atoms with Gasteiger partial charge in [-0.05, 0) is 21.6 Å². The molecule has 14 nitrogen and oxygen atoms in total. The largest absolute Gasteiger partial charge is 0.477 e. The fraction of sp³-hybridized carbons (Fsp3) is 0.364. The summed E-state index contributed by atoms with van der Waals surface area (Å²) in [6, 6.07) is 7.58. The van der Waals surface area contributed by atoms with E-state index >= 15 is 0 Å². The van der Waals surface area contributed by atoms with Crippen LogP contribution in [0.1, 0.15) is 11.6 Å². The topological polar surface area (TPSA) is 186 Å². The number of carboxylic acid groups (broad SMARTS) is 1. The van der Waals surface area contributed by atoms with Gasteiger partial charge in [-0.15, -0.1) is 16.9 Å². The lowest BCUT2D eigenvalue weighted by molar-refractivity contribution is -0.151. The monoisotopic (exact) mass is 557 g/mol. The minimum atomic E-state index is -1.24. The summed E-state index contributed by atoms with van der Waals surface area (Å²) in [4.78, 5) is 53.3. The maximum atomic E-state index is 13.3. The van der Waals surface area contributed by atoms with Crippen molar-refractivity contribution < 1.29 is 24.3 Å². The molecule has 3 heterocycles. The number of amides is 4. The molecule has 1 saturated heterocycles. The minimum absolute atomic E-state index is 0.113. The second-order valence-electron chi connectivity index (χ2n) is 8.33. The number of carbonyl (C=O) groups excluding carboxylic acids is 3. The molecule has 0 spiro atoms. The third-order valence-corrected chi connectivity index (χ3v) is 8.26. The van der Waals surface area contributed by atoms with Crippen LogP contribution < -0.4 is 10.6 Å². The Morgan fingerprint density at radius 2 is 2.08 bits per heavy atom. The van der Waals surface area contributed by atoms with E-state index in [9.17, 15) is 24.3 Å². The molecule has 0 radical (unpaired) electrons. The lowest BCUT2D eigenvalue weighted by Gasteiger charge is -2.49. The minimum Gasteiger partial charge on any atom is -0.477 e. The van der Waals surface area contributed by atoms with Crippen LogP contribution in [0.5, 0.6) is 0 Å². The third kappa shape index (κ3) is 5.43. The molecule has 1 fully saturated rings. The smallest absolute Gasteiger partial charge is 0.352 e. The van der Waals surface area contributed by atoms with Gasteiger partial charge in [-0.1, -0.05) is 42.1 Å². The maximum absolute atomic E-state index is 13.3. The van der Waals surface area contributed by atoms with Gasteiger partial charge in [0, 0.05) is 25.6 Å². The highest BCUT2D eigenvalue weighted by Gasteiger charge is 2.54. The summed E-state index contributed by atoms with van der Waals surface area (Å²) in [5.74, 6) is -1.83. The Morgan fingerprint density at radius 3 is 2.71 bits per heavy atom. The van der Waals surface area contributed by atoms with E-state index in [1.807, 2.05) is 6.07 Å². The molecule has 1 aromatic carbocycles. The van der Waals surface area contributed by atoms with Crippen LogP contribution in [-0.4, -0.2) is 95.4 Å². The number of thioether (sulfide) groups is 2. The first kappa shape index (κ1) is 26.9. The second-order valence-corrected chi connectivity index (χ2v) is 10.4. The molecule has 2 aliphatic heterocycles. The Bertz CT molecular complexity index is 1330. The van der Waals surface area contributed by atoms with Crippen LogP contribution in [0.2, 0.25) is 0 Å². The molecule has 16 heteroatoms. The van der Waals surface area contributed by atoms with Gasteiger partial charge in [-0.3, -0.25) is 14.5 Å². The van der Waals surface area contributed by atoms with E-state index in [0.717, 1.165) is 4.90 Å². The number of aryl methyl sites for hydroxylation is 1. The lowest BCUT2D eigenvalue weighted by atomic mass is 10.0. The standard InChI is InChI=1S/C22H23N9O5S2/c1-29(9-8-23)21(36)25-14(12-6-4-3-5-7-12)17(32)24-15-18(33)31-16(20(34)35)13(10-37-19(15)31)11-38-22-26-27-28-30(22)2/h3-7,14-15,19H,9-11H2,1-2H3,(H,24,32)(H,25,36)(H,34,35)/t14?,15-,19?/m1/s1. The number of hydrogen-bond acceptors (Lipinski definition) is 10. The van der Waals surface area contributed by atoms with Crippen molar-refractivity contribution in [2.24, 2.45) is 7.05 Å². The number of rotatable bonds is 9. The molecule has 3 N–H and O–H groups in total. The zero-order valence-electron chi connectivity index (χ0n) is 20.3. The van der Waals surface area contributed by atoms with E-state index in [0.29, 0.717) is 22.0 Å². The van der Waals surface area contributed by atoms with Crippen LogP contribution in [0.4, 0.5) is 4.79 Å². The number of carbonyl (C=O) groups is 4. The number of fused-ring (bicyclic) bond motifs is 1. The number of nitrogens with one attached hydrogen (secondary N) is 2. The number of benzene rings is 1. The van der Waals surface area contributed by atoms with Crippen molar-refractivity contribution in [3.05, 3.63) is 47.2 Å². The number of aromatic nitrogens is 4. The first-order chi connectivity index (χ1) is 18.2. The summed E-state index contributed by atoms with van der Waals surface area (Å²) in [5, 5.41) is 35.1. The first-order valence-corrected chi connectivity index (χ1v) is 13.3. The molecule has 2 aliphatic rings. The van der Waals surface area contributed by atoms with Gasteiger partial charge in [0.2, 0.25) is 11.1 Å². The molecule has 3 atom stereocenters. The molecule has 2 unspecified atom stereocenters. The van der Waals surface area contributed by atoms with Gasteiger partial charge in [-0.2, -0.15) is 5.26 Å². The van der Waals surface area contributed by atoms with Gasteiger partial charge in [0.25, 0.3) is 5.91 Å².